The first kappa shape index (κ1) is 16.5. The number of rotatable bonds is 7. The average Bonchev–Trinajstić information content (AvgIpc) is 2.72. The van der Waals surface area contributed by atoms with E-state index < -0.39 is 0 Å². The first-order valence-corrected chi connectivity index (χ1v) is 7.92. The molecule has 3 heteroatoms. The van der Waals surface area contributed by atoms with Crippen molar-refractivity contribution in [1.82, 2.24) is 10.2 Å². The van der Waals surface area contributed by atoms with E-state index in [0.717, 1.165) is 18.9 Å². The molecule has 1 N–H and O–H groups in total. The Balaban J connectivity index is 2.19. The summed E-state index contributed by atoms with van der Waals surface area (Å²) in [4.78, 5) is 2.55. The van der Waals surface area contributed by atoms with E-state index in [0.29, 0.717) is 0 Å². The topological polar surface area (TPSA) is 39.1 Å². The van der Waals surface area contributed by atoms with E-state index in [1.165, 1.54) is 51.5 Å². The van der Waals surface area contributed by atoms with E-state index >= 15 is 0 Å². The molecular weight excluding hydrogens is 234 g/mol. The lowest BCUT2D eigenvalue weighted by Gasteiger charge is -2.27. The van der Waals surface area contributed by atoms with E-state index in [1.54, 1.807) is 0 Å². The lowest BCUT2D eigenvalue weighted by molar-refractivity contribution is 0.215. The fraction of sp³-hybridized carbons (Fsp3) is 0.938. The highest BCUT2D eigenvalue weighted by atomic mass is 15.1. The summed E-state index contributed by atoms with van der Waals surface area (Å²) in [6.07, 6.45) is 11.7. The third-order valence-corrected chi connectivity index (χ3v) is 4.68. The highest BCUT2D eigenvalue weighted by molar-refractivity contribution is 5.02. The van der Waals surface area contributed by atoms with Gasteiger partial charge in [-0.2, -0.15) is 5.26 Å². The van der Waals surface area contributed by atoms with Gasteiger partial charge in [0.1, 0.15) is 5.54 Å². The van der Waals surface area contributed by atoms with Crippen LogP contribution in [0.1, 0.15) is 64.7 Å². The van der Waals surface area contributed by atoms with Gasteiger partial charge in [-0.05, 0) is 59.7 Å². The maximum atomic E-state index is 9.11. The van der Waals surface area contributed by atoms with Crippen LogP contribution in [0.25, 0.3) is 0 Å². The highest BCUT2D eigenvalue weighted by Crippen LogP contribution is 2.21. The Morgan fingerprint density at radius 3 is 2.37 bits per heavy atom. The maximum absolute atomic E-state index is 9.11. The second kappa shape index (κ2) is 8.55. The van der Waals surface area contributed by atoms with Crippen molar-refractivity contribution in [2.75, 3.05) is 20.6 Å². The zero-order chi connectivity index (χ0) is 14.1. The van der Waals surface area contributed by atoms with Gasteiger partial charge in [0.25, 0.3) is 0 Å². The molecule has 0 heterocycles. The molecule has 110 valence electrons. The minimum Gasteiger partial charge on any atom is -0.303 e. The fourth-order valence-electron chi connectivity index (χ4n) is 2.96. The second-order valence-electron chi connectivity index (χ2n) is 6.28. The van der Waals surface area contributed by atoms with Crippen molar-refractivity contribution in [3.05, 3.63) is 0 Å². The summed E-state index contributed by atoms with van der Waals surface area (Å²) in [7, 11) is 4.15. The van der Waals surface area contributed by atoms with Crippen LogP contribution in [0.4, 0.5) is 0 Å². The monoisotopic (exact) mass is 265 g/mol. The molecule has 0 spiro atoms. The normalized spacial score (nSPS) is 20.8. The van der Waals surface area contributed by atoms with E-state index in [9.17, 15) is 0 Å². The minimum atomic E-state index is -0.346. The van der Waals surface area contributed by atoms with Crippen LogP contribution in [0.15, 0.2) is 0 Å². The van der Waals surface area contributed by atoms with E-state index in [4.69, 9.17) is 5.26 Å². The molecule has 0 radical (unpaired) electrons. The number of hydrogen-bond donors (Lipinski definition) is 1. The molecule has 1 atom stereocenters. The molecule has 0 aromatic carbocycles. The smallest absolute Gasteiger partial charge is 0.103 e. The predicted octanol–water partition coefficient (Wildman–Crippen LogP) is 3.31. The van der Waals surface area contributed by atoms with Crippen LogP contribution in [0.5, 0.6) is 0 Å². The van der Waals surface area contributed by atoms with Crippen LogP contribution in [-0.2, 0) is 0 Å². The summed E-state index contributed by atoms with van der Waals surface area (Å²) in [5.74, 6) is 0. The van der Waals surface area contributed by atoms with Gasteiger partial charge in [0.2, 0.25) is 0 Å². The Morgan fingerprint density at radius 2 is 1.84 bits per heavy atom. The summed E-state index contributed by atoms with van der Waals surface area (Å²) in [6.45, 7) is 3.16. The standard InChI is InChI=1S/C16H31N3/c1-16(14-17,18-2)12-8-9-13-19(3)15-10-6-4-5-7-11-15/h15,18H,4-13H2,1-3H3. The molecule has 1 aliphatic rings. The van der Waals surface area contributed by atoms with Gasteiger partial charge in [-0.25, -0.2) is 0 Å². The van der Waals surface area contributed by atoms with Gasteiger partial charge in [-0.1, -0.05) is 25.7 Å². The number of unbranched alkanes of at least 4 members (excludes halogenated alkanes) is 1. The molecule has 19 heavy (non-hydrogen) atoms. The van der Waals surface area contributed by atoms with Crippen LogP contribution < -0.4 is 5.32 Å². The van der Waals surface area contributed by atoms with Crippen molar-refractivity contribution in [2.45, 2.75) is 76.3 Å². The number of nitrogens with zero attached hydrogens (tertiary/aromatic N) is 2. The molecule has 1 fully saturated rings. The predicted molar refractivity (Wildman–Crippen MR) is 81.0 cm³/mol. The van der Waals surface area contributed by atoms with Gasteiger partial charge in [0, 0.05) is 6.04 Å². The summed E-state index contributed by atoms with van der Waals surface area (Å²) in [5, 5.41) is 12.2. The third-order valence-electron chi connectivity index (χ3n) is 4.68. The van der Waals surface area contributed by atoms with Crippen molar-refractivity contribution in [2.24, 2.45) is 0 Å². The van der Waals surface area contributed by atoms with Crippen LogP contribution in [-0.4, -0.2) is 37.1 Å². The molecule has 1 rings (SSSR count). The molecule has 0 aromatic rings. The fourth-order valence-corrected chi connectivity index (χ4v) is 2.96. The number of hydrogen-bond acceptors (Lipinski definition) is 3. The van der Waals surface area contributed by atoms with E-state index in [-0.39, 0.29) is 5.54 Å². The summed E-state index contributed by atoms with van der Waals surface area (Å²) >= 11 is 0. The van der Waals surface area contributed by atoms with Gasteiger partial charge in [0.15, 0.2) is 0 Å². The summed E-state index contributed by atoms with van der Waals surface area (Å²) in [5.41, 5.74) is -0.346. The molecular formula is C16H31N3. The average molecular weight is 265 g/mol. The molecule has 1 unspecified atom stereocenters. The van der Waals surface area contributed by atoms with Gasteiger partial charge in [0.05, 0.1) is 6.07 Å². The Labute approximate surface area is 119 Å². The molecule has 0 amide bonds. The lowest BCUT2D eigenvalue weighted by atomic mass is 9.96. The first-order chi connectivity index (χ1) is 9.11. The molecule has 0 saturated heterocycles. The third kappa shape index (κ3) is 5.93. The van der Waals surface area contributed by atoms with Crippen molar-refractivity contribution >= 4 is 0 Å². The largest absolute Gasteiger partial charge is 0.303 e. The van der Waals surface area contributed by atoms with E-state index in [1.807, 2.05) is 14.0 Å². The van der Waals surface area contributed by atoms with Gasteiger partial charge in [-0.3, -0.25) is 0 Å². The van der Waals surface area contributed by atoms with Crippen LogP contribution in [0.2, 0.25) is 0 Å². The summed E-state index contributed by atoms with van der Waals surface area (Å²) < 4.78 is 0. The first-order valence-electron chi connectivity index (χ1n) is 7.92. The Bertz CT molecular complexity index is 276. The zero-order valence-electron chi connectivity index (χ0n) is 13.0. The number of nitriles is 1. The Kier molecular flexibility index (Phi) is 7.41. The lowest BCUT2D eigenvalue weighted by Crippen LogP contribution is -2.38. The Morgan fingerprint density at radius 1 is 1.21 bits per heavy atom. The molecule has 0 aliphatic heterocycles. The quantitative estimate of drug-likeness (QED) is 0.567. The van der Waals surface area contributed by atoms with Gasteiger partial charge < -0.3 is 10.2 Å². The molecule has 1 saturated carbocycles. The molecule has 3 nitrogen and oxygen atoms in total. The van der Waals surface area contributed by atoms with Crippen LogP contribution in [0.3, 0.4) is 0 Å². The molecule has 0 bridgehead atoms. The summed E-state index contributed by atoms with van der Waals surface area (Å²) in [6, 6.07) is 3.16. The van der Waals surface area contributed by atoms with Crippen LogP contribution >= 0.6 is 0 Å². The Hall–Kier alpha value is -0.590. The SMILES string of the molecule is CNC(C)(C#N)CCCCN(C)C1CCCCCC1. The van der Waals surface area contributed by atoms with Crippen LogP contribution in [0, 0.1) is 11.3 Å². The van der Waals surface area contributed by atoms with Gasteiger partial charge in [-0.15, -0.1) is 0 Å². The highest BCUT2D eigenvalue weighted by Gasteiger charge is 2.21. The number of nitrogens with one attached hydrogen (secondary N) is 1. The molecule has 0 aromatic heterocycles. The zero-order valence-corrected chi connectivity index (χ0v) is 13.0. The molecule has 1 aliphatic carbocycles. The van der Waals surface area contributed by atoms with Gasteiger partial charge >= 0.3 is 0 Å². The van der Waals surface area contributed by atoms with Crippen molar-refractivity contribution in [1.29, 1.82) is 5.26 Å². The van der Waals surface area contributed by atoms with Crippen molar-refractivity contribution < 1.29 is 0 Å². The maximum Gasteiger partial charge on any atom is 0.103 e. The van der Waals surface area contributed by atoms with E-state index in [2.05, 4.69) is 23.3 Å². The minimum absolute atomic E-state index is 0.346. The van der Waals surface area contributed by atoms with Crippen molar-refractivity contribution in [3.63, 3.8) is 0 Å². The van der Waals surface area contributed by atoms with Crippen molar-refractivity contribution in [3.8, 4) is 6.07 Å². The second-order valence-corrected chi connectivity index (χ2v) is 6.28.